The van der Waals surface area contributed by atoms with Crippen LogP contribution in [-0.2, 0) is 30.5 Å². The molecule has 2 aliphatic carbocycles. The topological polar surface area (TPSA) is 42.0 Å². The number of aromatic nitrogens is 1. The van der Waals surface area contributed by atoms with Crippen molar-refractivity contribution in [2.45, 2.75) is 71.6 Å². The van der Waals surface area contributed by atoms with Crippen LogP contribution in [0, 0.1) is 5.92 Å². The van der Waals surface area contributed by atoms with Crippen molar-refractivity contribution in [3.63, 3.8) is 0 Å². The van der Waals surface area contributed by atoms with E-state index < -0.39 is 0 Å². The number of aryl methyl sites for hydroxylation is 2. The molecule has 2 aliphatic rings. The van der Waals surface area contributed by atoms with Crippen LogP contribution in [0.2, 0.25) is 0 Å². The van der Waals surface area contributed by atoms with Gasteiger partial charge in [-0.25, -0.2) is 0 Å². The highest BCUT2D eigenvalue weighted by Crippen LogP contribution is 2.36. The summed E-state index contributed by atoms with van der Waals surface area (Å²) in [6, 6.07) is 0. The standard InChI is InChI=1S/C18H26N2O/c1-3-12(4-2)18(21)20-17-13-8-5-6-10-15(13)19-16-11-7-9-14(16)17/h12H,3-11H2,1-2H3,(H,19,20,21). The number of carbonyl (C=O) groups is 1. The Labute approximate surface area is 127 Å². The fourth-order valence-electron chi connectivity index (χ4n) is 3.78. The molecule has 1 amide bonds. The minimum atomic E-state index is 0.134. The number of fused-ring (bicyclic) bond motifs is 2. The number of nitrogens with one attached hydrogen (secondary N) is 1. The third-order valence-electron chi connectivity index (χ3n) is 5.11. The van der Waals surface area contributed by atoms with Crippen LogP contribution in [0.25, 0.3) is 0 Å². The molecule has 0 saturated carbocycles. The summed E-state index contributed by atoms with van der Waals surface area (Å²) in [5.74, 6) is 0.336. The maximum atomic E-state index is 12.5. The second-order valence-corrected chi connectivity index (χ2v) is 6.40. The summed E-state index contributed by atoms with van der Waals surface area (Å²) < 4.78 is 0. The molecule has 1 aromatic heterocycles. The molecule has 0 spiro atoms. The lowest BCUT2D eigenvalue weighted by Gasteiger charge is -2.23. The van der Waals surface area contributed by atoms with Gasteiger partial charge in [-0.05, 0) is 68.9 Å². The second-order valence-electron chi connectivity index (χ2n) is 6.40. The molecular weight excluding hydrogens is 260 g/mol. The Bertz CT molecular complexity index is 547. The van der Waals surface area contributed by atoms with Gasteiger partial charge in [0.2, 0.25) is 5.91 Å². The van der Waals surface area contributed by atoms with Crippen molar-refractivity contribution in [3.8, 4) is 0 Å². The highest BCUT2D eigenvalue weighted by Gasteiger charge is 2.26. The van der Waals surface area contributed by atoms with Crippen LogP contribution in [0.5, 0.6) is 0 Å². The molecule has 0 unspecified atom stereocenters. The Balaban J connectivity index is 1.97. The first kappa shape index (κ1) is 14.6. The quantitative estimate of drug-likeness (QED) is 0.914. The van der Waals surface area contributed by atoms with E-state index in [4.69, 9.17) is 4.98 Å². The summed E-state index contributed by atoms with van der Waals surface area (Å²) >= 11 is 0. The Hall–Kier alpha value is -1.38. The molecule has 3 nitrogen and oxygen atoms in total. The zero-order valence-corrected chi connectivity index (χ0v) is 13.3. The first-order valence-electron chi connectivity index (χ1n) is 8.58. The number of rotatable bonds is 4. The monoisotopic (exact) mass is 286 g/mol. The molecule has 3 heteroatoms. The largest absolute Gasteiger partial charge is 0.325 e. The van der Waals surface area contributed by atoms with Gasteiger partial charge in [0.15, 0.2) is 0 Å². The van der Waals surface area contributed by atoms with Gasteiger partial charge in [-0.15, -0.1) is 0 Å². The SMILES string of the molecule is CCC(CC)C(=O)Nc1c2c(nc3c1CCC3)CCCC2. The average molecular weight is 286 g/mol. The summed E-state index contributed by atoms with van der Waals surface area (Å²) in [4.78, 5) is 17.4. The molecule has 1 heterocycles. The van der Waals surface area contributed by atoms with Gasteiger partial charge in [-0.1, -0.05) is 13.8 Å². The van der Waals surface area contributed by atoms with Gasteiger partial charge >= 0.3 is 0 Å². The van der Waals surface area contributed by atoms with Crippen LogP contribution in [0.4, 0.5) is 5.69 Å². The molecule has 0 bridgehead atoms. The minimum absolute atomic E-state index is 0.134. The summed E-state index contributed by atoms with van der Waals surface area (Å²) in [6.45, 7) is 4.19. The lowest BCUT2D eigenvalue weighted by molar-refractivity contribution is -0.120. The van der Waals surface area contributed by atoms with Crippen molar-refractivity contribution >= 4 is 11.6 Å². The predicted octanol–water partition coefficient (Wildman–Crippen LogP) is 3.82. The van der Waals surface area contributed by atoms with E-state index in [-0.39, 0.29) is 11.8 Å². The van der Waals surface area contributed by atoms with E-state index in [2.05, 4.69) is 19.2 Å². The van der Waals surface area contributed by atoms with Crippen molar-refractivity contribution in [2.75, 3.05) is 5.32 Å². The van der Waals surface area contributed by atoms with E-state index in [1.165, 1.54) is 41.8 Å². The normalized spacial score (nSPS) is 16.7. The van der Waals surface area contributed by atoms with Crippen LogP contribution in [0.3, 0.4) is 0 Å². The van der Waals surface area contributed by atoms with Crippen molar-refractivity contribution < 1.29 is 4.79 Å². The predicted molar refractivity (Wildman–Crippen MR) is 85.6 cm³/mol. The third-order valence-corrected chi connectivity index (χ3v) is 5.11. The number of hydrogen-bond donors (Lipinski definition) is 1. The summed E-state index contributed by atoms with van der Waals surface area (Å²) in [5, 5.41) is 3.29. The van der Waals surface area contributed by atoms with Gasteiger partial charge in [0, 0.05) is 17.3 Å². The average Bonchev–Trinajstić information content (AvgIpc) is 2.96. The number of amides is 1. The molecule has 1 aromatic rings. The number of carbonyl (C=O) groups excluding carboxylic acids is 1. The first-order chi connectivity index (χ1) is 10.2. The summed E-state index contributed by atoms with van der Waals surface area (Å²) in [7, 11) is 0. The molecule has 0 radical (unpaired) electrons. The highest BCUT2D eigenvalue weighted by molar-refractivity contribution is 5.94. The molecule has 1 N–H and O–H groups in total. The van der Waals surface area contributed by atoms with Crippen LogP contribution >= 0.6 is 0 Å². The van der Waals surface area contributed by atoms with E-state index in [0.29, 0.717) is 0 Å². The summed E-state index contributed by atoms with van der Waals surface area (Å²) in [5.41, 5.74) is 6.30. The number of anilines is 1. The molecule has 3 rings (SSSR count). The van der Waals surface area contributed by atoms with Gasteiger partial charge in [0.1, 0.15) is 0 Å². The van der Waals surface area contributed by atoms with Crippen LogP contribution in [0.1, 0.15) is 68.5 Å². The Morgan fingerprint density at radius 3 is 2.24 bits per heavy atom. The third kappa shape index (κ3) is 2.70. The Morgan fingerprint density at radius 1 is 1.00 bits per heavy atom. The van der Waals surface area contributed by atoms with E-state index >= 15 is 0 Å². The van der Waals surface area contributed by atoms with Gasteiger partial charge in [0.05, 0.1) is 5.69 Å². The molecule has 0 atom stereocenters. The number of pyridine rings is 1. The maximum absolute atomic E-state index is 12.5. The van der Waals surface area contributed by atoms with Crippen molar-refractivity contribution in [1.29, 1.82) is 0 Å². The van der Waals surface area contributed by atoms with E-state index in [0.717, 1.165) is 44.2 Å². The first-order valence-corrected chi connectivity index (χ1v) is 8.58. The minimum Gasteiger partial charge on any atom is -0.325 e. The fourth-order valence-corrected chi connectivity index (χ4v) is 3.78. The van der Waals surface area contributed by atoms with Crippen molar-refractivity contribution in [2.24, 2.45) is 5.92 Å². The lowest BCUT2D eigenvalue weighted by Crippen LogP contribution is -2.24. The molecule has 0 aliphatic heterocycles. The highest BCUT2D eigenvalue weighted by atomic mass is 16.1. The molecule has 0 fully saturated rings. The number of hydrogen-bond acceptors (Lipinski definition) is 2. The second kappa shape index (κ2) is 6.17. The maximum Gasteiger partial charge on any atom is 0.227 e. The molecule has 0 aromatic carbocycles. The van der Waals surface area contributed by atoms with Gasteiger partial charge in [-0.3, -0.25) is 9.78 Å². The van der Waals surface area contributed by atoms with E-state index in [1.807, 2.05) is 0 Å². The zero-order valence-electron chi connectivity index (χ0n) is 13.3. The molecule has 0 saturated heterocycles. The van der Waals surface area contributed by atoms with Crippen LogP contribution in [-0.4, -0.2) is 10.9 Å². The van der Waals surface area contributed by atoms with Gasteiger partial charge in [-0.2, -0.15) is 0 Å². The van der Waals surface area contributed by atoms with Crippen LogP contribution < -0.4 is 5.32 Å². The molecule has 114 valence electrons. The Morgan fingerprint density at radius 2 is 1.57 bits per heavy atom. The lowest BCUT2D eigenvalue weighted by atomic mass is 9.91. The molecule has 21 heavy (non-hydrogen) atoms. The van der Waals surface area contributed by atoms with Gasteiger partial charge in [0.25, 0.3) is 0 Å². The van der Waals surface area contributed by atoms with Crippen molar-refractivity contribution in [3.05, 3.63) is 22.5 Å². The fraction of sp³-hybridized carbons (Fsp3) is 0.667. The number of nitrogens with zero attached hydrogens (tertiary/aromatic N) is 1. The summed E-state index contributed by atoms with van der Waals surface area (Å²) in [6.07, 6.45) is 9.78. The van der Waals surface area contributed by atoms with Gasteiger partial charge < -0.3 is 5.32 Å². The van der Waals surface area contributed by atoms with E-state index in [9.17, 15) is 4.79 Å². The van der Waals surface area contributed by atoms with Crippen LogP contribution in [0.15, 0.2) is 0 Å². The zero-order chi connectivity index (χ0) is 14.8. The smallest absolute Gasteiger partial charge is 0.227 e. The van der Waals surface area contributed by atoms with E-state index in [1.54, 1.807) is 0 Å². The molecular formula is C18H26N2O. The van der Waals surface area contributed by atoms with Crippen molar-refractivity contribution in [1.82, 2.24) is 4.98 Å². The Kier molecular flexibility index (Phi) is 4.27.